The molecule has 0 amide bonds. The first-order chi connectivity index (χ1) is 10.5. The molecule has 0 aliphatic rings. The molecule has 2 aromatic rings. The van der Waals surface area contributed by atoms with Crippen LogP contribution >= 0.6 is 23.2 Å². The summed E-state index contributed by atoms with van der Waals surface area (Å²) in [6, 6.07) is 17.0. The monoisotopic (exact) mass is 335 g/mol. The molecule has 0 saturated carbocycles. The van der Waals surface area contributed by atoms with E-state index in [2.05, 4.69) is 49.9 Å². The molecule has 0 heterocycles. The minimum atomic E-state index is 0.217. The summed E-state index contributed by atoms with van der Waals surface area (Å²) in [5, 5.41) is 1.54. The van der Waals surface area contributed by atoms with Gasteiger partial charge in [-0.05, 0) is 62.2 Å². The summed E-state index contributed by atoms with van der Waals surface area (Å²) in [4.78, 5) is 2.52. The molecule has 0 N–H and O–H groups in total. The van der Waals surface area contributed by atoms with Gasteiger partial charge >= 0.3 is 0 Å². The van der Waals surface area contributed by atoms with Crippen molar-refractivity contribution in [2.75, 3.05) is 6.54 Å². The molecule has 2 rings (SSSR count). The Hall–Kier alpha value is -1.02. The van der Waals surface area contributed by atoms with Gasteiger partial charge in [0, 0.05) is 16.1 Å². The van der Waals surface area contributed by atoms with Crippen LogP contribution in [0.4, 0.5) is 0 Å². The molecule has 0 atom stereocenters. The van der Waals surface area contributed by atoms with E-state index < -0.39 is 0 Å². The van der Waals surface area contributed by atoms with Crippen LogP contribution in [0.25, 0.3) is 0 Å². The van der Waals surface area contributed by atoms with Crippen LogP contribution in [0.3, 0.4) is 0 Å². The molecule has 0 unspecified atom stereocenters. The summed E-state index contributed by atoms with van der Waals surface area (Å²) in [6.07, 6.45) is 1.12. The van der Waals surface area contributed by atoms with Crippen molar-refractivity contribution in [3.63, 3.8) is 0 Å². The van der Waals surface area contributed by atoms with Crippen LogP contribution < -0.4 is 0 Å². The summed E-state index contributed by atoms with van der Waals surface area (Å²) < 4.78 is 0. The first-order valence-electron chi connectivity index (χ1n) is 7.79. The second kappa shape index (κ2) is 8.01. The van der Waals surface area contributed by atoms with Crippen molar-refractivity contribution in [3.05, 3.63) is 69.7 Å². The summed E-state index contributed by atoms with van der Waals surface area (Å²) in [6.45, 7) is 7.76. The normalized spacial score (nSPS) is 11.6. The van der Waals surface area contributed by atoms with Gasteiger partial charge in [0.05, 0.1) is 6.04 Å². The minimum absolute atomic E-state index is 0.217. The van der Waals surface area contributed by atoms with Gasteiger partial charge < -0.3 is 0 Å². The maximum absolute atomic E-state index is 6.06. The van der Waals surface area contributed by atoms with Crippen molar-refractivity contribution >= 4 is 23.2 Å². The quantitative estimate of drug-likeness (QED) is 0.607. The number of halogens is 2. The summed E-state index contributed by atoms with van der Waals surface area (Å²) in [5.74, 6) is 0. The van der Waals surface area contributed by atoms with Crippen molar-refractivity contribution in [2.24, 2.45) is 0 Å². The largest absolute Gasteiger partial charge is 0.290 e. The lowest BCUT2D eigenvalue weighted by molar-refractivity contribution is 0.178. The van der Waals surface area contributed by atoms with E-state index >= 15 is 0 Å². The number of nitrogens with zero attached hydrogens (tertiary/aromatic N) is 1. The fraction of sp³-hybridized carbons (Fsp3) is 0.368. The third-order valence-electron chi connectivity index (χ3n) is 3.85. The van der Waals surface area contributed by atoms with E-state index in [4.69, 9.17) is 23.2 Å². The highest BCUT2D eigenvalue weighted by Gasteiger charge is 2.24. The molecule has 2 aromatic carbocycles. The highest BCUT2D eigenvalue weighted by atomic mass is 35.5. The molecule has 0 aliphatic carbocycles. The number of hydrogen-bond acceptors (Lipinski definition) is 1. The van der Waals surface area contributed by atoms with Crippen LogP contribution in [0.15, 0.2) is 48.5 Å². The first-order valence-corrected chi connectivity index (χ1v) is 8.55. The van der Waals surface area contributed by atoms with Crippen LogP contribution in [0.5, 0.6) is 0 Å². The van der Waals surface area contributed by atoms with E-state index in [1.807, 2.05) is 24.3 Å². The molecule has 0 radical (unpaired) electrons. The van der Waals surface area contributed by atoms with Crippen LogP contribution in [0.1, 0.15) is 44.4 Å². The van der Waals surface area contributed by atoms with Crippen molar-refractivity contribution in [1.82, 2.24) is 4.90 Å². The molecule has 0 aliphatic heterocycles. The molecule has 0 aromatic heterocycles. The van der Waals surface area contributed by atoms with Crippen LogP contribution in [0, 0.1) is 0 Å². The Kier molecular flexibility index (Phi) is 6.31. The summed E-state index contributed by atoms with van der Waals surface area (Å²) >= 11 is 12.1. The lowest BCUT2D eigenvalue weighted by Gasteiger charge is -2.35. The topological polar surface area (TPSA) is 3.24 Å². The average Bonchev–Trinajstić information content (AvgIpc) is 2.50. The highest BCUT2D eigenvalue weighted by molar-refractivity contribution is 6.30. The van der Waals surface area contributed by atoms with E-state index in [-0.39, 0.29) is 6.04 Å². The van der Waals surface area contributed by atoms with E-state index in [1.165, 1.54) is 11.1 Å². The van der Waals surface area contributed by atoms with Gasteiger partial charge in [-0.15, -0.1) is 0 Å². The number of rotatable bonds is 6. The van der Waals surface area contributed by atoms with Crippen molar-refractivity contribution < 1.29 is 0 Å². The third kappa shape index (κ3) is 4.25. The highest BCUT2D eigenvalue weighted by Crippen LogP contribution is 2.32. The zero-order valence-corrected chi connectivity index (χ0v) is 14.9. The second-order valence-electron chi connectivity index (χ2n) is 5.84. The molecule has 0 bridgehead atoms. The molecule has 0 spiro atoms. The van der Waals surface area contributed by atoms with Gasteiger partial charge in [-0.25, -0.2) is 0 Å². The fourth-order valence-electron chi connectivity index (χ4n) is 2.81. The minimum Gasteiger partial charge on any atom is -0.290 e. The average molecular weight is 336 g/mol. The third-order valence-corrected chi connectivity index (χ3v) is 4.35. The first kappa shape index (κ1) is 17.3. The Morgan fingerprint density at radius 3 is 1.55 bits per heavy atom. The van der Waals surface area contributed by atoms with Crippen molar-refractivity contribution in [2.45, 2.75) is 39.3 Å². The molecule has 3 heteroatoms. The Labute approximate surface area is 143 Å². The number of hydrogen-bond donors (Lipinski definition) is 0. The summed E-state index contributed by atoms with van der Waals surface area (Å²) in [5.41, 5.74) is 2.52. The van der Waals surface area contributed by atoms with Gasteiger partial charge in [0.1, 0.15) is 0 Å². The van der Waals surface area contributed by atoms with Crippen LogP contribution in [-0.2, 0) is 0 Å². The van der Waals surface area contributed by atoms with E-state index in [0.717, 1.165) is 23.0 Å². The van der Waals surface area contributed by atoms with Crippen LogP contribution in [0.2, 0.25) is 10.0 Å². The molecular weight excluding hydrogens is 313 g/mol. The van der Waals surface area contributed by atoms with Gasteiger partial charge in [-0.2, -0.15) is 0 Å². The standard InChI is InChI=1S/C19H23Cl2N/c1-4-13-22(14(2)3)19(15-5-9-17(20)10-6-15)16-7-11-18(21)12-8-16/h5-12,14,19H,4,13H2,1-3H3. The SMILES string of the molecule is CCCN(C(C)C)C(c1ccc(Cl)cc1)c1ccc(Cl)cc1. The Bertz CT molecular complexity index is 530. The predicted molar refractivity (Wildman–Crippen MR) is 96.9 cm³/mol. The van der Waals surface area contributed by atoms with Gasteiger partial charge in [-0.1, -0.05) is 54.4 Å². The van der Waals surface area contributed by atoms with E-state index in [9.17, 15) is 0 Å². The van der Waals surface area contributed by atoms with Crippen molar-refractivity contribution in [1.29, 1.82) is 0 Å². The Morgan fingerprint density at radius 2 is 1.23 bits per heavy atom. The molecular formula is C19H23Cl2N. The zero-order valence-electron chi connectivity index (χ0n) is 13.4. The fourth-order valence-corrected chi connectivity index (χ4v) is 3.06. The molecule has 22 heavy (non-hydrogen) atoms. The lowest BCUT2D eigenvalue weighted by Crippen LogP contribution is -2.36. The Morgan fingerprint density at radius 1 is 0.818 bits per heavy atom. The van der Waals surface area contributed by atoms with Crippen LogP contribution in [-0.4, -0.2) is 17.5 Å². The van der Waals surface area contributed by atoms with E-state index in [1.54, 1.807) is 0 Å². The maximum Gasteiger partial charge on any atom is 0.0604 e. The second-order valence-corrected chi connectivity index (χ2v) is 6.71. The molecule has 0 saturated heterocycles. The molecule has 118 valence electrons. The molecule has 0 fully saturated rings. The smallest absolute Gasteiger partial charge is 0.0604 e. The maximum atomic E-state index is 6.06. The van der Waals surface area contributed by atoms with Gasteiger partial charge in [-0.3, -0.25) is 4.90 Å². The zero-order chi connectivity index (χ0) is 16.1. The van der Waals surface area contributed by atoms with E-state index in [0.29, 0.717) is 6.04 Å². The molecule has 1 nitrogen and oxygen atoms in total. The predicted octanol–water partition coefficient (Wildman–Crippen LogP) is 6.20. The van der Waals surface area contributed by atoms with Gasteiger partial charge in [0.2, 0.25) is 0 Å². The summed E-state index contributed by atoms with van der Waals surface area (Å²) in [7, 11) is 0. The van der Waals surface area contributed by atoms with Gasteiger partial charge in [0.25, 0.3) is 0 Å². The lowest BCUT2D eigenvalue weighted by atomic mass is 9.95. The van der Waals surface area contributed by atoms with Gasteiger partial charge in [0.15, 0.2) is 0 Å². The van der Waals surface area contributed by atoms with Crippen molar-refractivity contribution in [3.8, 4) is 0 Å². The Balaban J connectivity index is 2.47. The number of benzene rings is 2.